The van der Waals surface area contributed by atoms with Crippen LogP contribution in [0.15, 0.2) is 40.2 Å². The molecule has 1 aromatic heterocycles. The van der Waals surface area contributed by atoms with Crippen molar-refractivity contribution in [3.63, 3.8) is 0 Å². The standard InChI is InChI=1S/C16H19BrN2O2S/c1-16(2,3)21-15(20)19-12-6-4-5-11(9-12)18-10-14-13(17)7-8-22-14/h4-9,18H,10H2,1-3H3,(H,19,20). The normalized spacial score (nSPS) is 11.1. The fourth-order valence-corrected chi connectivity index (χ4v) is 3.19. The maximum Gasteiger partial charge on any atom is 0.412 e. The molecule has 0 saturated carbocycles. The molecular formula is C16H19BrN2O2S. The predicted octanol–water partition coefficient (Wildman–Crippen LogP) is 5.47. The van der Waals surface area contributed by atoms with Gasteiger partial charge in [-0.2, -0.15) is 0 Å². The molecule has 6 heteroatoms. The van der Waals surface area contributed by atoms with Crippen molar-refractivity contribution in [2.24, 2.45) is 0 Å². The van der Waals surface area contributed by atoms with Crippen LogP contribution in [0.4, 0.5) is 16.2 Å². The number of benzene rings is 1. The van der Waals surface area contributed by atoms with E-state index in [2.05, 4.69) is 26.6 Å². The third-order valence-corrected chi connectivity index (χ3v) is 4.58. The second kappa shape index (κ2) is 7.15. The average Bonchev–Trinajstić information content (AvgIpc) is 2.80. The zero-order valence-corrected chi connectivity index (χ0v) is 15.2. The van der Waals surface area contributed by atoms with E-state index in [1.807, 2.05) is 56.5 Å². The van der Waals surface area contributed by atoms with Gasteiger partial charge in [0.2, 0.25) is 0 Å². The summed E-state index contributed by atoms with van der Waals surface area (Å²) in [5.41, 5.74) is 1.13. The van der Waals surface area contributed by atoms with E-state index in [0.717, 1.165) is 16.7 Å². The summed E-state index contributed by atoms with van der Waals surface area (Å²) in [7, 11) is 0. The average molecular weight is 383 g/mol. The highest BCUT2D eigenvalue weighted by molar-refractivity contribution is 9.10. The number of hydrogen-bond donors (Lipinski definition) is 2. The molecule has 2 aromatic rings. The van der Waals surface area contributed by atoms with E-state index in [0.29, 0.717) is 5.69 Å². The number of ether oxygens (including phenoxy) is 1. The summed E-state index contributed by atoms with van der Waals surface area (Å²) in [6.07, 6.45) is -0.453. The summed E-state index contributed by atoms with van der Waals surface area (Å²) in [5.74, 6) is 0. The van der Waals surface area contributed by atoms with Gasteiger partial charge in [0.25, 0.3) is 0 Å². The number of nitrogens with one attached hydrogen (secondary N) is 2. The van der Waals surface area contributed by atoms with Crippen molar-refractivity contribution in [2.75, 3.05) is 10.6 Å². The molecule has 2 N–H and O–H groups in total. The zero-order valence-electron chi connectivity index (χ0n) is 12.8. The predicted molar refractivity (Wildman–Crippen MR) is 95.6 cm³/mol. The van der Waals surface area contributed by atoms with Gasteiger partial charge in [-0.25, -0.2) is 4.79 Å². The lowest BCUT2D eigenvalue weighted by atomic mass is 10.2. The van der Waals surface area contributed by atoms with Crippen molar-refractivity contribution < 1.29 is 9.53 Å². The Hall–Kier alpha value is -1.53. The van der Waals surface area contributed by atoms with Crippen LogP contribution in [0.1, 0.15) is 25.6 Å². The molecule has 0 atom stereocenters. The molecule has 0 saturated heterocycles. The summed E-state index contributed by atoms with van der Waals surface area (Å²) in [4.78, 5) is 13.0. The number of carbonyl (C=O) groups is 1. The van der Waals surface area contributed by atoms with Gasteiger partial charge >= 0.3 is 6.09 Å². The van der Waals surface area contributed by atoms with Crippen LogP contribution in [0.25, 0.3) is 0 Å². The van der Waals surface area contributed by atoms with Gasteiger partial charge in [-0.1, -0.05) is 6.07 Å². The third kappa shape index (κ3) is 5.35. The largest absolute Gasteiger partial charge is 0.444 e. The molecule has 0 bridgehead atoms. The van der Waals surface area contributed by atoms with Crippen molar-refractivity contribution in [3.05, 3.63) is 45.1 Å². The summed E-state index contributed by atoms with van der Waals surface area (Å²) in [6, 6.07) is 9.59. The van der Waals surface area contributed by atoms with Crippen LogP contribution in [-0.4, -0.2) is 11.7 Å². The quantitative estimate of drug-likeness (QED) is 0.736. The molecule has 0 aliphatic carbocycles. The zero-order chi connectivity index (χ0) is 16.2. The highest BCUT2D eigenvalue weighted by Gasteiger charge is 2.16. The van der Waals surface area contributed by atoms with E-state index in [1.165, 1.54) is 4.88 Å². The van der Waals surface area contributed by atoms with Gasteiger partial charge in [0.1, 0.15) is 5.60 Å². The Balaban J connectivity index is 1.95. The van der Waals surface area contributed by atoms with E-state index in [4.69, 9.17) is 4.74 Å². The third-order valence-electron chi connectivity index (χ3n) is 2.65. The minimum absolute atomic E-state index is 0.453. The van der Waals surface area contributed by atoms with Gasteiger partial charge < -0.3 is 10.1 Å². The van der Waals surface area contributed by atoms with Crippen LogP contribution >= 0.6 is 27.3 Å². The van der Waals surface area contributed by atoms with Crippen LogP contribution in [-0.2, 0) is 11.3 Å². The molecule has 2 rings (SSSR count). The van der Waals surface area contributed by atoms with Gasteiger partial charge in [0, 0.05) is 20.7 Å². The first kappa shape index (κ1) is 16.8. The molecule has 0 aliphatic heterocycles. The Morgan fingerprint density at radius 3 is 2.64 bits per heavy atom. The Morgan fingerprint density at radius 2 is 2.00 bits per heavy atom. The second-order valence-electron chi connectivity index (χ2n) is 5.75. The number of hydrogen-bond acceptors (Lipinski definition) is 4. The Kier molecular flexibility index (Phi) is 5.47. The molecule has 1 heterocycles. The van der Waals surface area contributed by atoms with E-state index < -0.39 is 11.7 Å². The molecule has 0 radical (unpaired) electrons. The SMILES string of the molecule is CC(C)(C)OC(=O)Nc1cccc(NCc2sccc2Br)c1. The first-order valence-corrected chi connectivity index (χ1v) is 8.56. The molecule has 118 valence electrons. The molecule has 0 fully saturated rings. The van der Waals surface area contributed by atoms with Crippen molar-refractivity contribution >= 4 is 44.7 Å². The van der Waals surface area contributed by atoms with Gasteiger partial charge in [0.15, 0.2) is 0 Å². The summed E-state index contributed by atoms with van der Waals surface area (Å²) < 4.78 is 6.35. The van der Waals surface area contributed by atoms with Gasteiger partial charge in [0.05, 0.1) is 6.54 Å². The fraction of sp³-hybridized carbons (Fsp3) is 0.312. The molecule has 4 nitrogen and oxygen atoms in total. The van der Waals surface area contributed by atoms with Crippen LogP contribution < -0.4 is 10.6 Å². The fourth-order valence-electron chi connectivity index (χ4n) is 1.76. The highest BCUT2D eigenvalue weighted by Crippen LogP contribution is 2.24. The minimum Gasteiger partial charge on any atom is -0.444 e. The van der Waals surface area contributed by atoms with Crippen LogP contribution in [0.5, 0.6) is 0 Å². The lowest BCUT2D eigenvalue weighted by Crippen LogP contribution is -2.27. The molecule has 0 aliphatic rings. The second-order valence-corrected chi connectivity index (χ2v) is 7.61. The Labute approximate surface area is 143 Å². The monoisotopic (exact) mass is 382 g/mol. The van der Waals surface area contributed by atoms with Crippen molar-refractivity contribution in [3.8, 4) is 0 Å². The number of amides is 1. The Morgan fingerprint density at radius 1 is 1.27 bits per heavy atom. The number of rotatable bonds is 4. The first-order valence-electron chi connectivity index (χ1n) is 6.89. The van der Waals surface area contributed by atoms with Gasteiger partial charge in [-0.05, 0) is 66.3 Å². The summed E-state index contributed by atoms with van der Waals surface area (Å²) in [6.45, 7) is 6.24. The van der Waals surface area contributed by atoms with E-state index >= 15 is 0 Å². The lowest BCUT2D eigenvalue weighted by Gasteiger charge is -2.19. The van der Waals surface area contributed by atoms with Crippen molar-refractivity contribution in [2.45, 2.75) is 32.9 Å². The number of carbonyl (C=O) groups excluding carboxylic acids is 1. The van der Waals surface area contributed by atoms with Crippen molar-refractivity contribution in [1.82, 2.24) is 0 Å². The van der Waals surface area contributed by atoms with E-state index in [9.17, 15) is 4.79 Å². The molecule has 0 unspecified atom stereocenters. The van der Waals surface area contributed by atoms with Gasteiger partial charge in [-0.3, -0.25) is 5.32 Å². The van der Waals surface area contributed by atoms with Crippen LogP contribution in [0, 0.1) is 0 Å². The number of halogens is 1. The lowest BCUT2D eigenvalue weighted by molar-refractivity contribution is 0.0636. The Bertz CT molecular complexity index is 650. The minimum atomic E-state index is -0.509. The topological polar surface area (TPSA) is 50.4 Å². The molecule has 1 aromatic carbocycles. The molecule has 22 heavy (non-hydrogen) atoms. The maximum absolute atomic E-state index is 11.8. The van der Waals surface area contributed by atoms with Crippen molar-refractivity contribution in [1.29, 1.82) is 0 Å². The smallest absolute Gasteiger partial charge is 0.412 e. The van der Waals surface area contributed by atoms with Gasteiger partial charge in [-0.15, -0.1) is 11.3 Å². The summed E-state index contributed by atoms with van der Waals surface area (Å²) >= 11 is 5.20. The highest BCUT2D eigenvalue weighted by atomic mass is 79.9. The summed E-state index contributed by atoms with van der Waals surface area (Å²) in [5, 5.41) is 8.12. The maximum atomic E-state index is 11.8. The molecule has 0 spiro atoms. The number of anilines is 2. The molecule has 1 amide bonds. The number of thiophene rings is 1. The first-order chi connectivity index (χ1) is 10.3. The van der Waals surface area contributed by atoms with Crippen LogP contribution in [0.2, 0.25) is 0 Å². The van der Waals surface area contributed by atoms with E-state index in [-0.39, 0.29) is 0 Å². The van der Waals surface area contributed by atoms with E-state index in [1.54, 1.807) is 11.3 Å². The molecular weight excluding hydrogens is 364 g/mol. The van der Waals surface area contributed by atoms with Crippen LogP contribution in [0.3, 0.4) is 0 Å².